The number of rotatable bonds is 2. The Morgan fingerprint density at radius 1 is 1.70 bits per heavy atom. The quantitative estimate of drug-likeness (QED) is 0.559. The molecule has 2 unspecified atom stereocenters. The Hall–Kier alpha value is -0.410. The molecule has 0 spiro atoms. The summed E-state index contributed by atoms with van der Waals surface area (Å²) in [6.07, 6.45) is 0.630. The Morgan fingerprint density at radius 3 is 2.70 bits per heavy atom. The van der Waals surface area contributed by atoms with Crippen LogP contribution in [0.4, 0.5) is 0 Å². The van der Waals surface area contributed by atoms with Crippen LogP contribution in [0.1, 0.15) is 13.8 Å². The van der Waals surface area contributed by atoms with Crippen LogP contribution in [0.3, 0.4) is 0 Å². The predicted octanol–water partition coefficient (Wildman–Crippen LogP) is 0.156. The molecule has 1 fully saturated rings. The van der Waals surface area contributed by atoms with E-state index in [-0.39, 0.29) is 12.3 Å². The third-order valence-corrected chi connectivity index (χ3v) is 1.71. The highest BCUT2D eigenvalue weighted by molar-refractivity contribution is 5.55. The fourth-order valence-corrected chi connectivity index (χ4v) is 0.990. The maximum atomic E-state index is 10.2. The van der Waals surface area contributed by atoms with E-state index >= 15 is 0 Å². The van der Waals surface area contributed by atoms with Crippen LogP contribution >= 0.6 is 0 Å². The molecule has 1 saturated heterocycles. The van der Waals surface area contributed by atoms with Crippen molar-refractivity contribution >= 4 is 6.29 Å². The van der Waals surface area contributed by atoms with Gasteiger partial charge in [-0.3, -0.25) is 10.1 Å². The van der Waals surface area contributed by atoms with Crippen molar-refractivity contribution in [2.24, 2.45) is 5.92 Å². The zero-order valence-corrected chi connectivity index (χ0v) is 6.33. The fourth-order valence-electron chi connectivity index (χ4n) is 0.990. The van der Waals surface area contributed by atoms with E-state index in [1.165, 1.54) is 0 Å². The van der Waals surface area contributed by atoms with Gasteiger partial charge in [0.15, 0.2) is 12.5 Å². The van der Waals surface area contributed by atoms with Gasteiger partial charge < -0.3 is 4.74 Å². The highest BCUT2D eigenvalue weighted by Gasteiger charge is 2.25. The molecule has 58 valence electrons. The van der Waals surface area contributed by atoms with Crippen molar-refractivity contribution in [3.05, 3.63) is 0 Å². The van der Waals surface area contributed by atoms with Crippen molar-refractivity contribution in [1.29, 1.82) is 0 Å². The van der Waals surface area contributed by atoms with Gasteiger partial charge in [-0.05, 0) is 5.92 Å². The van der Waals surface area contributed by atoms with E-state index in [0.717, 1.165) is 12.8 Å². The van der Waals surface area contributed by atoms with Gasteiger partial charge >= 0.3 is 0 Å². The van der Waals surface area contributed by atoms with Crippen LogP contribution in [0.5, 0.6) is 0 Å². The summed E-state index contributed by atoms with van der Waals surface area (Å²) < 4.78 is 5.29. The molecule has 10 heavy (non-hydrogen) atoms. The van der Waals surface area contributed by atoms with Crippen LogP contribution in [0, 0.1) is 5.92 Å². The van der Waals surface area contributed by atoms with Crippen molar-refractivity contribution in [3.8, 4) is 0 Å². The maximum Gasteiger partial charge on any atom is 0.165 e. The van der Waals surface area contributed by atoms with Gasteiger partial charge in [0.2, 0.25) is 0 Å². The minimum absolute atomic E-state index is 0.204. The lowest BCUT2D eigenvalue weighted by Gasteiger charge is -2.11. The van der Waals surface area contributed by atoms with E-state index in [9.17, 15) is 4.79 Å². The summed E-state index contributed by atoms with van der Waals surface area (Å²) in [7, 11) is 0. The number of carbonyl (C=O) groups is 1. The SMILES string of the molecule is CC(C)C1CNC(C=O)O1. The second-order valence-electron chi connectivity index (χ2n) is 2.88. The van der Waals surface area contributed by atoms with Crippen molar-refractivity contribution in [1.82, 2.24) is 5.32 Å². The lowest BCUT2D eigenvalue weighted by atomic mass is 10.1. The molecule has 1 rings (SSSR count). The first-order valence-corrected chi connectivity index (χ1v) is 3.58. The lowest BCUT2D eigenvalue weighted by Crippen LogP contribution is -2.23. The summed E-state index contributed by atoms with van der Waals surface area (Å²) in [6.45, 7) is 4.96. The van der Waals surface area contributed by atoms with Gasteiger partial charge in [0.25, 0.3) is 0 Å². The third kappa shape index (κ3) is 1.55. The smallest absolute Gasteiger partial charge is 0.165 e. The molecule has 1 aliphatic heterocycles. The molecule has 3 nitrogen and oxygen atoms in total. The average molecular weight is 143 g/mol. The Bertz CT molecular complexity index is 125. The zero-order valence-electron chi connectivity index (χ0n) is 6.33. The number of hydrogen-bond donors (Lipinski definition) is 1. The van der Waals surface area contributed by atoms with Crippen LogP contribution in [0.15, 0.2) is 0 Å². The minimum atomic E-state index is -0.368. The summed E-state index contributed by atoms with van der Waals surface area (Å²) in [6, 6.07) is 0. The van der Waals surface area contributed by atoms with E-state index in [0.29, 0.717) is 5.92 Å². The second-order valence-corrected chi connectivity index (χ2v) is 2.88. The molecule has 1 N–H and O–H groups in total. The molecule has 1 aliphatic rings. The van der Waals surface area contributed by atoms with E-state index < -0.39 is 0 Å². The fraction of sp³-hybridized carbons (Fsp3) is 0.857. The highest BCUT2D eigenvalue weighted by atomic mass is 16.5. The van der Waals surface area contributed by atoms with Crippen molar-refractivity contribution in [3.63, 3.8) is 0 Å². The van der Waals surface area contributed by atoms with Crippen LogP contribution in [-0.4, -0.2) is 25.2 Å². The van der Waals surface area contributed by atoms with Crippen LogP contribution < -0.4 is 5.32 Å². The molecule has 0 aliphatic carbocycles. The molecular weight excluding hydrogens is 130 g/mol. The Morgan fingerprint density at radius 2 is 2.40 bits per heavy atom. The van der Waals surface area contributed by atoms with E-state index in [4.69, 9.17) is 4.74 Å². The Kier molecular flexibility index (Phi) is 2.40. The number of nitrogens with one attached hydrogen (secondary N) is 1. The standard InChI is InChI=1S/C7H13NO2/c1-5(2)6-3-8-7(4-9)10-6/h4-8H,3H2,1-2H3. The van der Waals surface area contributed by atoms with Crippen LogP contribution in [-0.2, 0) is 9.53 Å². The van der Waals surface area contributed by atoms with E-state index in [1.807, 2.05) is 0 Å². The number of ether oxygens (including phenoxy) is 1. The topological polar surface area (TPSA) is 38.3 Å². The van der Waals surface area contributed by atoms with Crippen LogP contribution in [0.2, 0.25) is 0 Å². The van der Waals surface area contributed by atoms with Crippen molar-refractivity contribution in [2.45, 2.75) is 26.2 Å². The summed E-state index contributed by atoms with van der Waals surface area (Å²) >= 11 is 0. The molecule has 2 atom stereocenters. The molecule has 0 amide bonds. The normalized spacial score (nSPS) is 33.1. The van der Waals surface area contributed by atoms with Crippen molar-refractivity contribution < 1.29 is 9.53 Å². The highest BCUT2D eigenvalue weighted by Crippen LogP contribution is 2.11. The summed E-state index contributed by atoms with van der Waals surface area (Å²) in [5.74, 6) is 0.484. The van der Waals surface area contributed by atoms with Gasteiger partial charge in [0.1, 0.15) is 0 Å². The zero-order chi connectivity index (χ0) is 7.56. The molecular formula is C7H13NO2. The minimum Gasteiger partial charge on any atom is -0.351 e. The molecule has 0 radical (unpaired) electrons. The van der Waals surface area contributed by atoms with Crippen LogP contribution in [0.25, 0.3) is 0 Å². The number of hydrogen-bond acceptors (Lipinski definition) is 3. The van der Waals surface area contributed by atoms with Gasteiger partial charge in [-0.25, -0.2) is 0 Å². The molecule has 1 heterocycles. The molecule has 0 bridgehead atoms. The monoisotopic (exact) mass is 143 g/mol. The first kappa shape index (κ1) is 7.69. The van der Waals surface area contributed by atoms with Gasteiger partial charge in [-0.1, -0.05) is 13.8 Å². The van der Waals surface area contributed by atoms with Gasteiger partial charge in [-0.2, -0.15) is 0 Å². The first-order valence-electron chi connectivity index (χ1n) is 3.58. The molecule has 0 saturated carbocycles. The molecule has 0 aromatic carbocycles. The molecule has 3 heteroatoms. The van der Waals surface area contributed by atoms with Gasteiger partial charge in [0.05, 0.1) is 6.10 Å². The Balaban J connectivity index is 2.35. The average Bonchev–Trinajstić information content (AvgIpc) is 2.34. The van der Waals surface area contributed by atoms with Gasteiger partial charge in [0, 0.05) is 6.54 Å². The summed E-state index contributed by atoms with van der Waals surface area (Å²) in [5.41, 5.74) is 0. The van der Waals surface area contributed by atoms with Crippen molar-refractivity contribution in [2.75, 3.05) is 6.54 Å². The largest absolute Gasteiger partial charge is 0.351 e. The number of carbonyl (C=O) groups excluding carboxylic acids is 1. The van der Waals surface area contributed by atoms with Gasteiger partial charge in [-0.15, -0.1) is 0 Å². The summed E-state index contributed by atoms with van der Waals surface area (Å²) in [4.78, 5) is 10.2. The first-order chi connectivity index (χ1) is 4.74. The summed E-state index contributed by atoms with van der Waals surface area (Å²) in [5, 5.41) is 2.95. The molecule has 0 aromatic rings. The number of aldehydes is 1. The second kappa shape index (κ2) is 3.12. The Labute approximate surface area is 60.7 Å². The maximum absolute atomic E-state index is 10.2. The lowest BCUT2D eigenvalue weighted by molar-refractivity contribution is -0.119. The predicted molar refractivity (Wildman–Crippen MR) is 37.6 cm³/mol. The third-order valence-electron chi connectivity index (χ3n) is 1.71. The molecule has 0 aromatic heterocycles. The van der Waals surface area contributed by atoms with E-state index in [1.54, 1.807) is 0 Å². The van der Waals surface area contributed by atoms with E-state index in [2.05, 4.69) is 19.2 Å².